The van der Waals surface area contributed by atoms with Crippen LogP contribution in [0.1, 0.15) is 41.9 Å². The first-order valence-corrected chi connectivity index (χ1v) is 7.75. The first-order chi connectivity index (χ1) is 10.2. The van der Waals surface area contributed by atoms with Gasteiger partial charge in [0.05, 0.1) is 12.3 Å². The Hall–Kier alpha value is -1.43. The molecular weight excluding hydrogens is 270 g/mol. The minimum Gasteiger partial charge on any atom is -0.458 e. The molecule has 0 N–H and O–H groups in total. The van der Waals surface area contributed by atoms with Gasteiger partial charge in [-0.15, -0.1) is 5.10 Å². The second kappa shape index (κ2) is 6.13. The number of hydrogen-bond donors (Lipinski definition) is 0. The molecule has 0 saturated heterocycles. The van der Waals surface area contributed by atoms with Crippen molar-refractivity contribution in [3.8, 4) is 0 Å². The highest BCUT2D eigenvalue weighted by Crippen LogP contribution is 2.48. The average Bonchev–Trinajstić information content (AvgIpc) is 3.16. The number of rotatable bonds is 6. The van der Waals surface area contributed by atoms with Crippen LogP contribution < -0.4 is 0 Å². The molecule has 2 aliphatic carbocycles. The molecule has 6 nitrogen and oxygen atoms in total. The Morgan fingerprint density at radius 3 is 2.86 bits per heavy atom. The summed E-state index contributed by atoms with van der Waals surface area (Å²) in [6.45, 7) is 3.41. The number of hydrogen-bond acceptors (Lipinski definition) is 5. The Labute approximate surface area is 124 Å². The summed E-state index contributed by atoms with van der Waals surface area (Å²) in [7, 11) is 1.57. The molecule has 0 aliphatic heterocycles. The third kappa shape index (κ3) is 2.95. The van der Waals surface area contributed by atoms with E-state index in [0.29, 0.717) is 18.2 Å². The van der Waals surface area contributed by atoms with Gasteiger partial charge in [-0.1, -0.05) is 11.6 Å². The smallest absolute Gasteiger partial charge is 0.360 e. The van der Waals surface area contributed by atoms with E-state index in [9.17, 15) is 4.79 Å². The lowest BCUT2D eigenvalue weighted by molar-refractivity contribution is 0.0380. The van der Waals surface area contributed by atoms with Crippen LogP contribution in [0, 0.1) is 24.7 Å². The molecule has 0 amide bonds. The van der Waals surface area contributed by atoms with Crippen LogP contribution in [0.3, 0.4) is 0 Å². The number of aromatic nitrogens is 3. The second-order valence-corrected chi connectivity index (χ2v) is 6.27. The molecule has 2 bridgehead atoms. The largest absolute Gasteiger partial charge is 0.458 e. The maximum absolute atomic E-state index is 11.9. The molecule has 2 fully saturated rings. The molecule has 2 saturated carbocycles. The SMILES string of the molecule is COCCOC(=O)c1nnn(CC2CC3CCC2C3)c1C. The zero-order valence-corrected chi connectivity index (χ0v) is 12.7. The minimum atomic E-state index is -0.413. The van der Waals surface area contributed by atoms with Crippen molar-refractivity contribution >= 4 is 5.97 Å². The van der Waals surface area contributed by atoms with Crippen LogP contribution in [0.25, 0.3) is 0 Å². The molecule has 1 aromatic heterocycles. The Kier molecular flexibility index (Phi) is 4.24. The van der Waals surface area contributed by atoms with Crippen LogP contribution in [-0.2, 0) is 16.0 Å². The van der Waals surface area contributed by atoms with Crippen molar-refractivity contribution in [1.29, 1.82) is 0 Å². The number of nitrogens with zero attached hydrogens (tertiary/aromatic N) is 3. The summed E-state index contributed by atoms with van der Waals surface area (Å²) in [5, 5.41) is 8.14. The standard InChI is InChI=1S/C15H23N3O3/c1-10-14(15(19)21-6-5-20-2)16-17-18(10)9-13-8-11-3-4-12(13)7-11/h11-13H,3-9H2,1-2H3. The fourth-order valence-corrected chi connectivity index (χ4v) is 3.83. The molecule has 6 heteroatoms. The van der Waals surface area contributed by atoms with Crippen molar-refractivity contribution in [3.05, 3.63) is 11.4 Å². The first kappa shape index (κ1) is 14.5. The summed E-state index contributed by atoms with van der Waals surface area (Å²) in [5.41, 5.74) is 1.13. The van der Waals surface area contributed by atoms with Gasteiger partial charge in [-0.3, -0.25) is 0 Å². The van der Waals surface area contributed by atoms with Crippen LogP contribution in [-0.4, -0.2) is 41.3 Å². The maximum Gasteiger partial charge on any atom is 0.360 e. The number of methoxy groups -OCH3 is 1. The molecule has 1 aromatic rings. The lowest BCUT2D eigenvalue weighted by Crippen LogP contribution is -2.19. The van der Waals surface area contributed by atoms with Crippen LogP contribution in [0.5, 0.6) is 0 Å². The minimum absolute atomic E-state index is 0.244. The van der Waals surface area contributed by atoms with Crippen LogP contribution in [0.15, 0.2) is 0 Å². The molecule has 3 unspecified atom stereocenters. The summed E-state index contributed by atoms with van der Waals surface area (Å²) in [4.78, 5) is 11.9. The Morgan fingerprint density at radius 1 is 1.33 bits per heavy atom. The highest BCUT2D eigenvalue weighted by atomic mass is 16.6. The lowest BCUT2D eigenvalue weighted by atomic mass is 9.89. The number of carbonyl (C=O) groups is 1. The molecule has 0 aromatic carbocycles. The van der Waals surface area contributed by atoms with Gasteiger partial charge in [-0.25, -0.2) is 9.48 Å². The lowest BCUT2D eigenvalue weighted by Gasteiger charge is -2.21. The summed E-state index contributed by atoms with van der Waals surface area (Å²) in [6, 6.07) is 0. The van der Waals surface area contributed by atoms with E-state index < -0.39 is 5.97 Å². The van der Waals surface area contributed by atoms with E-state index in [-0.39, 0.29) is 6.61 Å². The van der Waals surface area contributed by atoms with E-state index in [2.05, 4.69) is 10.3 Å². The number of fused-ring (bicyclic) bond motifs is 2. The average molecular weight is 293 g/mol. The topological polar surface area (TPSA) is 66.2 Å². The van der Waals surface area contributed by atoms with Crippen LogP contribution in [0.2, 0.25) is 0 Å². The summed E-state index contributed by atoms with van der Waals surface area (Å²) >= 11 is 0. The highest BCUT2D eigenvalue weighted by molar-refractivity contribution is 5.88. The second-order valence-electron chi connectivity index (χ2n) is 6.27. The molecule has 0 radical (unpaired) electrons. The van der Waals surface area contributed by atoms with Gasteiger partial charge in [-0.05, 0) is 43.9 Å². The Bertz CT molecular complexity index is 514. The van der Waals surface area contributed by atoms with Crippen molar-refractivity contribution in [2.75, 3.05) is 20.3 Å². The maximum atomic E-state index is 11.9. The molecule has 2 aliphatic rings. The third-order valence-corrected chi connectivity index (χ3v) is 4.99. The van der Waals surface area contributed by atoms with Crippen molar-refractivity contribution < 1.29 is 14.3 Å². The van der Waals surface area contributed by atoms with E-state index in [1.165, 1.54) is 25.7 Å². The van der Waals surface area contributed by atoms with Crippen LogP contribution in [0.4, 0.5) is 0 Å². The van der Waals surface area contributed by atoms with E-state index >= 15 is 0 Å². The van der Waals surface area contributed by atoms with Gasteiger partial charge in [0.2, 0.25) is 0 Å². The van der Waals surface area contributed by atoms with Gasteiger partial charge >= 0.3 is 5.97 Å². The Morgan fingerprint density at radius 2 is 2.19 bits per heavy atom. The molecule has 3 rings (SSSR count). The first-order valence-electron chi connectivity index (χ1n) is 7.75. The molecule has 3 atom stereocenters. The van der Waals surface area contributed by atoms with Crippen LogP contribution >= 0.6 is 0 Å². The van der Waals surface area contributed by atoms with E-state index in [1.807, 2.05) is 11.6 Å². The van der Waals surface area contributed by atoms with Gasteiger partial charge in [0, 0.05) is 13.7 Å². The fraction of sp³-hybridized carbons (Fsp3) is 0.800. The van der Waals surface area contributed by atoms with E-state index in [1.54, 1.807) is 7.11 Å². The highest BCUT2D eigenvalue weighted by Gasteiger charge is 2.39. The summed E-state index contributed by atoms with van der Waals surface area (Å²) in [5.74, 6) is 2.04. The summed E-state index contributed by atoms with van der Waals surface area (Å²) in [6.07, 6.45) is 5.44. The quantitative estimate of drug-likeness (QED) is 0.591. The van der Waals surface area contributed by atoms with E-state index in [0.717, 1.165) is 24.1 Å². The van der Waals surface area contributed by atoms with Gasteiger partial charge < -0.3 is 9.47 Å². The van der Waals surface area contributed by atoms with Gasteiger partial charge in [0.15, 0.2) is 5.69 Å². The van der Waals surface area contributed by atoms with Crippen molar-refractivity contribution in [1.82, 2.24) is 15.0 Å². The molecule has 1 heterocycles. The molecule has 116 valence electrons. The number of esters is 1. The zero-order chi connectivity index (χ0) is 14.8. The van der Waals surface area contributed by atoms with Gasteiger partial charge in [0.1, 0.15) is 6.61 Å². The normalized spacial score (nSPS) is 27.2. The molecular formula is C15H23N3O3. The fourth-order valence-electron chi connectivity index (χ4n) is 3.83. The van der Waals surface area contributed by atoms with E-state index in [4.69, 9.17) is 9.47 Å². The predicted molar refractivity (Wildman–Crippen MR) is 75.9 cm³/mol. The van der Waals surface area contributed by atoms with Gasteiger partial charge in [-0.2, -0.15) is 0 Å². The summed E-state index contributed by atoms with van der Waals surface area (Å²) < 4.78 is 11.8. The van der Waals surface area contributed by atoms with Gasteiger partial charge in [0.25, 0.3) is 0 Å². The number of carbonyl (C=O) groups excluding carboxylic acids is 1. The van der Waals surface area contributed by atoms with Crippen molar-refractivity contribution in [2.45, 2.75) is 39.2 Å². The third-order valence-electron chi connectivity index (χ3n) is 4.99. The molecule has 0 spiro atoms. The Balaban J connectivity index is 1.61. The zero-order valence-electron chi connectivity index (χ0n) is 12.7. The monoisotopic (exact) mass is 293 g/mol. The number of ether oxygens (including phenoxy) is 2. The predicted octanol–water partition coefficient (Wildman–Crippen LogP) is 1.83. The molecule has 21 heavy (non-hydrogen) atoms. The van der Waals surface area contributed by atoms with Crippen molar-refractivity contribution in [3.63, 3.8) is 0 Å². The van der Waals surface area contributed by atoms with Crippen molar-refractivity contribution in [2.24, 2.45) is 17.8 Å².